The maximum Gasteiger partial charge on any atom is 0.00952 e. The number of hydrogen-bond donors (Lipinski definition) is 0. The molecule has 2 saturated heterocycles. The number of rotatable bonds is 2. The highest BCUT2D eigenvalue weighted by molar-refractivity contribution is 4.99. The second kappa shape index (κ2) is 5.13. The summed E-state index contributed by atoms with van der Waals surface area (Å²) in [6.07, 6.45) is 10.3. The molecule has 0 unspecified atom stereocenters. The van der Waals surface area contributed by atoms with Crippen LogP contribution < -0.4 is 0 Å². The molecule has 0 bridgehead atoms. The fourth-order valence-corrected chi connectivity index (χ4v) is 4.31. The Balaban J connectivity index is 1.47. The summed E-state index contributed by atoms with van der Waals surface area (Å²) < 4.78 is 0. The van der Waals surface area contributed by atoms with Gasteiger partial charge in [0.1, 0.15) is 0 Å². The van der Waals surface area contributed by atoms with Crippen LogP contribution in [0.3, 0.4) is 0 Å². The minimum Gasteiger partial charge on any atom is -0.300 e. The van der Waals surface area contributed by atoms with Crippen LogP contribution in [0.25, 0.3) is 0 Å². The van der Waals surface area contributed by atoms with E-state index < -0.39 is 0 Å². The molecule has 2 nitrogen and oxygen atoms in total. The Hall–Kier alpha value is -0.0800. The van der Waals surface area contributed by atoms with Gasteiger partial charge in [-0.3, -0.25) is 4.90 Å². The first-order valence-electron chi connectivity index (χ1n) is 8.17. The molecule has 1 spiro atoms. The zero-order valence-electron chi connectivity index (χ0n) is 12.3. The lowest BCUT2D eigenvalue weighted by Crippen LogP contribution is -2.62. The van der Waals surface area contributed by atoms with Crippen molar-refractivity contribution in [1.29, 1.82) is 0 Å². The molecule has 0 atom stereocenters. The lowest BCUT2D eigenvalue weighted by molar-refractivity contribution is -0.0702. The Morgan fingerprint density at radius 2 is 1.56 bits per heavy atom. The van der Waals surface area contributed by atoms with Gasteiger partial charge in [-0.25, -0.2) is 0 Å². The monoisotopic (exact) mass is 250 g/mol. The summed E-state index contributed by atoms with van der Waals surface area (Å²) in [6.45, 7) is 10.2. The standard InChI is InChI=1S/C16H30N2/c1-14(2)18-12-16(13-18)8-10-17(11-9-16)15-6-4-3-5-7-15/h14-15H,3-13H2,1-2H3. The van der Waals surface area contributed by atoms with E-state index in [0.29, 0.717) is 0 Å². The molecule has 2 heteroatoms. The van der Waals surface area contributed by atoms with Crippen LogP contribution >= 0.6 is 0 Å². The molecule has 2 heterocycles. The minimum atomic E-state index is 0.718. The molecule has 3 fully saturated rings. The third kappa shape index (κ3) is 2.46. The van der Waals surface area contributed by atoms with Gasteiger partial charge in [0.15, 0.2) is 0 Å². The fourth-order valence-electron chi connectivity index (χ4n) is 4.31. The summed E-state index contributed by atoms with van der Waals surface area (Å²) in [6, 6.07) is 1.70. The van der Waals surface area contributed by atoms with Gasteiger partial charge < -0.3 is 4.90 Å². The van der Waals surface area contributed by atoms with Gasteiger partial charge >= 0.3 is 0 Å². The zero-order valence-corrected chi connectivity index (χ0v) is 12.3. The zero-order chi connectivity index (χ0) is 12.6. The maximum absolute atomic E-state index is 2.82. The molecule has 104 valence electrons. The van der Waals surface area contributed by atoms with Crippen molar-refractivity contribution in [3.05, 3.63) is 0 Å². The van der Waals surface area contributed by atoms with E-state index in [9.17, 15) is 0 Å². The molecule has 2 aliphatic heterocycles. The Kier molecular flexibility index (Phi) is 3.68. The van der Waals surface area contributed by atoms with Crippen LogP contribution in [-0.2, 0) is 0 Å². The van der Waals surface area contributed by atoms with E-state index in [0.717, 1.165) is 17.5 Å². The van der Waals surface area contributed by atoms with Crippen LogP contribution in [0.2, 0.25) is 0 Å². The SMILES string of the molecule is CC(C)N1CC2(CCN(C3CCCCC3)CC2)C1. The van der Waals surface area contributed by atoms with Gasteiger partial charge in [-0.2, -0.15) is 0 Å². The summed E-state index contributed by atoms with van der Waals surface area (Å²) in [5, 5.41) is 0. The summed E-state index contributed by atoms with van der Waals surface area (Å²) in [7, 11) is 0. The highest BCUT2D eigenvalue weighted by atomic mass is 15.2. The van der Waals surface area contributed by atoms with Gasteiger partial charge in [0.2, 0.25) is 0 Å². The number of hydrogen-bond acceptors (Lipinski definition) is 2. The number of likely N-dealkylation sites (tertiary alicyclic amines) is 2. The maximum atomic E-state index is 2.82. The topological polar surface area (TPSA) is 6.48 Å². The first-order valence-corrected chi connectivity index (χ1v) is 8.17. The van der Waals surface area contributed by atoms with E-state index in [1.807, 2.05) is 0 Å². The lowest BCUT2D eigenvalue weighted by Gasteiger charge is -2.56. The van der Waals surface area contributed by atoms with Crippen molar-refractivity contribution in [3.8, 4) is 0 Å². The second-order valence-corrected chi connectivity index (χ2v) is 7.33. The van der Waals surface area contributed by atoms with Gasteiger partial charge in [-0.1, -0.05) is 19.3 Å². The van der Waals surface area contributed by atoms with Crippen LogP contribution in [-0.4, -0.2) is 48.1 Å². The molecule has 0 amide bonds. The van der Waals surface area contributed by atoms with E-state index in [-0.39, 0.29) is 0 Å². The normalized spacial score (nSPS) is 30.8. The van der Waals surface area contributed by atoms with Crippen molar-refractivity contribution in [2.45, 2.75) is 70.9 Å². The Morgan fingerprint density at radius 3 is 2.11 bits per heavy atom. The Bertz CT molecular complexity index is 265. The second-order valence-electron chi connectivity index (χ2n) is 7.33. The molecule has 0 radical (unpaired) electrons. The van der Waals surface area contributed by atoms with Crippen molar-refractivity contribution in [3.63, 3.8) is 0 Å². The average molecular weight is 250 g/mol. The van der Waals surface area contributed by atoms with Crippen molar-refractivity contribution in [1.82, 2.24) is 9.80 Å². The van der Waals surface area contributed by atoms with E-state index in [1.165, 1.54) is 71.1 Å². The molecule has 18 heavy (non-hydrogen) atoms. The molecular formula is C16H30N2. The van der Waals surface area contributed by atoms with Crippen molar-refractivity contribution in [2.24, 2.45) is 5.41 Å². The third-order valence-corrected chi connectivity index (χ3v) is 5.76. The number of piperidine rings is 1. The van der Waals surface area contributed by atoms with E-state index in [1.54, 1.807) is 0 Å². The van der Waals surface area contributed by atoms with E-state index >= 15 is 0 Å². The molecule has 1 saturated carbocycles. The van der Waals surface area contributed by atoms with E-state index in [2.05, 4.69) is 23.6 Å². The largest absolute Gasteiger partial charge is 0.300 e. The molecule has 0 N–H and O–H groups in total. The van der Waals surface area contributed by atoms with Crippen molar-refractivity contribution < 1.29 is 0 Å². The van der Waals surface area contributed by atoms with Crippen LogP contribution in [0, 0.1) is 5.41 Å². The summed E-state index contributed by atoms with van der Waals surface area (Å²) in [4.78, 5) is 5.47. The summed E-state index contributed by atoms with van der Waals surface area (Å²) >= 11 is 0. The minimum absolute atomic E-state index is 0.718. The summed E-state index contributed by atoms with van der Waals surface area (Å²) in [5.74, 6) is 0. The predicted molar refractivity (Wildman–Crippen MR) is 76.8 cm³/mol. The first kappa shape index (κ1) is 12.9. The van der Waals surface area contributed by atoms with Crippen LogP contribution in [0.1, 0.15) is 58.8 Å². The average Bonchev–Trinajstić information content (AvgIpc) is 2.37. The highest BCUT2D eigenvalue weighted by Crippen LogP contribution is 2.42. The summed E-state index contributed by atoms with van der Waals surface area (Å²) in [5.41, 5.74) is 0.718. The van der Waals surface area contributed by atoms with E-state index in [4.69, 9.17) is 0 Å². The smallest absolute Gasteiger partial charge is 0.00952 e. The number of nitrogens with zero attached hydrogens (tertiary/aromatic N) is 2. The van der Waals surface area contributed by atoms with Crippen LogP contribution in [0.5, 0.6) is 0 Å². The molecule has 0 aromatic rings. The van der Waals surface area contributed by atoms with Crippen molar-refractivity contribution >= 4 is 0 Å². The molecule has 0 aromatic heterocycles. The van der Waals surface area contributed by atoms with Crippen LogP contribution in [0.4, 0.5) is 0 Å². The van der Waals surface area contributed by atoms with Gasteiger partial charge in [-0.15, -0.1) is 0 Å². The lowest BCUT2D eigenvalue weighted by atomic mass is 9.71. The molecule has 1 aliphatic carbocycles. The van der Waals surface area contributed by atoms with Gasteiger partial charge in [0, 0.05) is 25.2 Å². The molecule has 3 rings (SSSR count). The quantitative estimate of drug-likeness (QED) is 0.743. The van der Waals surface area contributed by atoms with Gasteiger partial charge in [0.05, 0.1) is 0 Å². The first-order chi connectivity index (χ1) is 8.69. The molecule has 3 aliphatic rings. The van der Waals surface area contributed by atoms with Gasteiger partial charge in [0.25, 0.3) is 0 Å². The Labute approximate surface area is 113 Å². The Morgan fingerprint density at radius 1 is 0.944 bits per heavy atom. The van der Waals surface area contributed by atoms with Crippen molar-refractivity contribution in [2.75, 3.05) is 26.2 Å². The molecule has 0 aromatic carbocycles. The third-order valence-electron chi connectivity index (χ3n) is 5.76. The molecular weight excluding hydrogens is 220 g/mol. The highest BCUT2D eigenvalue weighted by Gasteiger charge is 2.45. The van der Waals surface area contributed by atoms with Crippen LogP contribution in [0.15, 0.2) is 0 Å². The van der Waals surface area contributed by atoms with Gasteiger partial charge in [-0.05, 0) is 58.0 Å². The predicted octanol–water partition coefficient (Wildman–Crippen LogP) is 3.13. The fraction of sp³-hybridized carbons (Fsp3) is 1.00.